The minimum absolute atomic E-state index is 0.0197. The van der Waals surface area contributed by atoms with Crippen molar-refractivity contribution in [1.29, 1.82) is 0 Å². The zero-order valence-electron chi connectivity index (χ0n) is 12.2. The Labute approximate surface area is 120 Å². The summed E-state index contributed by atoms with van der Waals surface area (Å²) >= 11 is 0. The Hall–Kier alpha value is -1.10. The number of carbonyl (C=O) groups excluding carboxylic acids is 1. The molecule has 0 spiro atoms. The first-order valence-corrected chi connectivity index (χ1v) is 7.66. The minimum Gasteiger partial charge on any atom is -0.481 e. The van der Waals surface area contributed by atoms with Gasteiger partial charge in [-0.25, -0.2) is 0 Å². The van der Waals surface area contributed by atoms with Gasteiger partial charge < -0.3 is 15.2 Å². The largest absolute Gasteiger partial charge is 0.481 e. The van der Waals surface area contributed by atoms with Crippen molar-refractivity contribution in [2.24, 2.45) is 11.8 Å². The lowest BCUT2D eigenvalue weighted by Gasteiger charge is -2.32. The Morgan fingerprint density at radius 3 is 2.50 bits per heavy atom. The molecule has 0 aromatic heterocycles. The fourth-order valence-electron chi connectivity index (χ4n) is 3.38. The van der Waals surface area contributed by atoms with E-state index >= 15 is 0 Å². The van der Waals surface area contributed by atoms with E-state index in [1.54, 1.807) is 0 Å². The molecule has 0 bridgehead atoms. The fourth-order valence-corrected chi connectivity index (χ4v) is 3.38. The number of hydrogen-bond acceptors (Lipinski definition) is 3. The van der Waals surface area contributed by atoms with Crippen molar-refractivity contribution in [2.75, 3.05) is 13.2 Å². The molecule has 1 heterocycles. The highest BCUT2D eigenvalue weighted by Gasteiger charge is 2.40. The molecule has 5 nitrogen and oxygen atoms in total. The summed E-state index contributed by atoms with van der Waals surface area (Å²) in [4.78, 5) is 23.4. The third kappa shape index (κ3) is 3.72. The molecule has 114 valence electrons. The number of amides is 1. The van der Waals surface area contributed by atoms with E-state index in [2.05, 4.69) is 12.2 Å². The summed E-state index contributed by atoms with van der Waals surface area (Å²) in [5, 5.41) is 12.0. The quantitative estimate of drug-likeness (QED) is 0.808. The molecule has 1 aliphatic carbocycles. The topological polar surface area (TPSA) is 75.6 Å². The van der Waals surface area contributed by atoms with Crippen molar-refractivity contribution >= 4 is 11.9 Å². The molecule has 1 amide bonds. The van der Waals surface area contributed by atoms with Crippen LogP contribution in [-0.4, -0.2) is 35.7 Å². The normalized spacial score (nSPS) is 33.9. The molecular weight excluding hydrogens is 258 g/mol. The Bertz CT molecular complexity index is 355. The zero-order valence-corrected chi connectivity index (χ0v) is 12.2. The number of aliphatic carboxylic acids is 1. The first-order chi connectivity index (χ1) is 9.54. The van der Waals surface area contributed by atoms with Crippen molar-refractivity contribution < 1.29 is 19.4 Å². The van der Waals surface area contributed by atoms with Crippen LogP contribution in [0.4, 0.5) is 0 Å². The summed E-state index contributed by atoms with van der Waals surface area (Å²) in [6.45, 7) is 3.04. The molecule has 1 aliphatic heterocycles. The van der Waals surface area contributed by atoms with Gasteiger partial charge in [0.15, 0.2) is 0 Å². The second-order valence-corrected chi connectivity index (χ2v) is 6.27. The first-order valence-electron chi connectivity index (χ1n) is 7.66. The second-order valence-electron chi connectivity index (χ2n) is 6.27. The number of nitrogens with one attached hydrogen (secondary N) is 1. The van der Waals surface area contributed by atoms with Crippen LogP contribution >= 0.6 is 0 Å². The van der Waals surface area contributed by atoms with Gasteiger partial charge in [0.05, 0.1) is 18.6 Å². The summed E-state index contributed by atoms with van der Waals surface area (Å²) in [5.41, 5.74) is -0.690. The van der Waals surface area contributed by atoms with Crippen LogP contribution < -0.4 is 5.32 Å². The van der Waals surface area contributed by atoms with Crippen molar-refractivity contribution in [2.45, 2.75) is 57.4 Å². The van der Waals surface area contributed by atoms with Crippen LogP contribution in [0.25, 0.3) is 0 Å². The Morgan fingerprint density at radius 2 is 2.00 bits per heavy atom. The van der Waals surface area contributed by atoms with E-state index in [9.17, 15) is 9.59 Å². The standard InChI is InChI=1S/C15H25NO4/c1-2-11-3-5-12(6-4-11)14(19)16-15(9-13(17)18)7-8-20-10-15/h11-12H,2-10H2,1H3,(H,16,19)(H,17,18). The van der Waals surface area contributed by atoms with Gasteiger partial charge in [0.25, 0.3) is 0 Å². The molecule has 2 aliphatic rings. The van der Waals surface area contributed by atoms with E-state index in [1.807, 2.05) is 0 Å². The van der Waals surface area contributed by atoms with E-state index < -0.39 is 11.5 Å². The van der Waals surface area contributed by atoms with Gasteiger partial charge in [-0.2, -0.15) is 0 Å². The van der Waals surface area contributed by atoms with Gasteiger partial charge in [-0.05, 0) is 38.0 Å². The molecule has 2 fully saturated rings. The zero-order chi connectivity index (χ0) is 14.6. The Kier molecular flexibility index (Phi) is 5.02. The van der Waals surface area contributed by atoms with E-state index in [-0.39, 0.29) is 18.2 Å². The molecular formula is C15H25NO4. The van der Waals surface area contributed by atoms with E-state index in [1.165, 1.54) is 6.42 Å². The molecule has 0 aromatic rings. The third-order valence-electron chi connectivity index (χ3n) is 4.78. The SMILES string of the molecule is CCC1CCC(C(=O)NC2(CC(=O)O)CCOC2)CC1. The lowest BCUT2D eigenvalue weighted by atomic mass is 9.80. The highest BCUT2D eigenvalue weighted by Crippen LogP contribution is 2.32. The van der Waals surface area contributed by atoms with Gasteiger partial charge in [0, 0.05) is 12.5 Å². The van der Waals surface area contributed by atoms with Gasteiger partial charge in [0.1, 0.15) is 0 Å². The smallest absolute Gasteiger partial charge is 0.305 e. The molecule has 1 saturated carbocycles. The summed E-state index contributed by atoms with van der Waals surface area (Å²) in [5.74, 6) is -0.0669. The maximum Gasteiger partial charge on any atom is 0.305 e. The maximum absolute atomic E-state index is 12.4. The molecule has 1 unspecified atom stereocenters. The number of carboxylic acid groups (broad SMARTS) is 1. The van der Waals surface area contributed by atoms with Crippen LogP contribution in [0.5, 0.6) is 0 Å². The highest BCUT2D eigenvalue weighted by atomic mass is 16.5. The summed E-state index contributed by atoms with van der Waals surface area (Å²) in [6.07, 6.45) is 5.79. The van der Waals surface area contributed by atoms with Gasteiger partial charge in [-0.3, -0.25) is 9.59 Å². The number of rotatable bonds is 5. The van der Waals surface area contributed by atoms with Crippen LogP contribution in [0.1, 0.15) is 51.9 Å². The summed E-state index contributed by atoms with van der Waals surface area (Å²) < 4.78 is 5.31. The maximum atomic E-state index is 12.4. The number of carboxylic acids is 1. The lowest BCUT2D eigenvalue weighted by Crippen LogP contribution is -2.52. The number of carbonyl (C=O) groups is 2. The van der Waals surface area contributed by atoms with Crippen molar-refractivity contribution in [1.82, 2.24) is 5.32 Å². The van der Waals surface area contributed by atoms with Gasteiger partial charge in [0.2, 0.25) is 5.91 Å². The Morgan fingerprint density at radius 1 is 1.30 bits per heavy atom. The van der Waals surface area contributed by atoms with Crippen LogP contribution in [-0.2, 0) is 14.3 Å². The van der Waals surface area contributed by atoms with Gasteiger partial charge in [-0.1, -0.05) is 13.3 Å². The first kappa shape index (κ1) is 15.3. The predicted octanol–water partition coefficient (Wildman–Crippen LogP) is 1.95. The average molecular weight is 283 g/mol. The minimum atomic E-state index is -0.884. The molecule has 1 atom stereocenters. The highest BCUT2D eigenvalue weighted by molar-refractivity contribution is 5.80. The van der Waals surface area contributed by atoms with Crippen LogP contribution in [0, 0.1) is 11.8 Å². The van der Waals surface area contributed by atoms with Gasteiger partial charge >= 0.3 is 5.97 Å². The van der Waals surface area contributed by atoms with Crippen molar-refractivity contribution in [3.05, 3.63) is 0 Å². The monoisotopic (exact) mass is 283 g/mol. The average Bonchev–Trinajstić information content (AvgIpc) is 2.86. The number of ether oxygens (including phenoxy) is 1. The van der Waals surface area contributed by atoms with Crippen LogP contribution in [0.3, 0.4) is 0 Å². The van der Waals surface area contributed by atoms with E-state index in [0.717, 1.165) is 31.6 Å². The van der Waals surface area contributed by atoms with Crippen LogP contribution in [0.2, 0.25) is 0 Å². The molecule has 2 N–H and O–H groups in total. The molecule has 1 saturated heterocycles. The fraction of sp³-hybridized carbons (Fsp3) is 0.867. The Balaban J connectivity index is 1.90. The van der Waals surface area contributed by atoms with Crippen molar-refractivity contribution in [3.8, 4) is 0 Å². The van der Waals surface area contributed by atoms with Crippen molar-refractivity contribution in [3.63, 3.8) is 0 Å². The van der Waals surface area contributed by atoms with E-state index in [0.29, 0.717) is 19.6 Å². The molecule has 0 aromatic carbocycles. The molecule has 0 radical (unpaired) electrons. The van der Waals surface area contributed by atoms with Gasteiger partial charge in [-0.15, -0.1) is 0 Å². The summed E-state index contributed by atoms with van der Waals surface area (Å²) in [7, 11) is 0. The number of hydrogen-bond donors (Lipinski definition) is 2. The second kappa shape index (κ2) is 6.57. The van der Waals surface area contributed by atoms with Crippen LogP contribution in [0.15, 0.2) is 0 Å². The lowest BCUT2D eigenvalue weighted by molar-refractivity contribution is -0.139. The molecule has 2 rings (SSSR count). The predicted molar refractivity (Wildman–Crippen MR) is 74.3 cm³/mol. The third-order valence-corrected chi connectivity index (χ3v) is 4.78. The molecule has 20 heavy (non-hydrogen) atoms. The summed E-state index contributed by atoms with van der Waals surface area (Å²) in [6, 6.07) is 0. The van der Waals surface area contributed by atoms with E-state index in [4.69, 9.17) is 9.84 Å². The molecule has 5 heteroatoms.